The average molecular weight is 424 g/mol. The summed E-state index contributed by atoms with van der Waals surface area (Å²) in [5.74, 6) is 0.0903. The van der Waals surface area contributed by atoms with E-state index >= 15 is 0 Å². The number of fused-ring (bicyclic) bond motifs is 3. The summed E-state index contributed by atoms with van der Waals surface area (Å²) in [6, 6.07) is 7.32. The maximum Gasteiger partial charge on any atom is 0.438 e. The highest BCUT2D eigenvalue weighted by atomic mass is 16.6. The van der Waals surface area contributed by atoms with Crippen molar-refractivity contribution in [2.45, 2.75) is 6.92 Å². The average Bonchev–Trinajstić information content (AvgIpc) is 2.70. The van der Waals surface area contributed by atoms with Crippen molar-refractivity contribution in [2.24, 2.45) is 0 Å². The first-order valence-electron chi connectivity index (χ1n) is 8.65. The maximum atomic E-state index is 12.5. The molecule has 1 aromatic heterocycles. The zero-order valence-corrected chi connectivity index (χ0v) is 15.8. The number of nitro benzene ring substituents is 2. The molecule has 0 atom stereocenters. The molecule has 156 valence electrons. The Morgan fingerprint density at radius 3 is 2.48 bits per heavy atom. The molecular formula is C19H12N4O8. The number of amides is 1. The van der Waals surface area contributed by atoms with Crippen molar-refractivity contribution >= 4 is 39.8 Å². The molecule has 1 amide bonds. The number of carbonyl (C=O) groups excluding carboxylic acids is 1. The van der Waals surface area contributed by atoms with E-state index in [1.165, 1.54) is 12.1 Å². The van der Waals surface area contributed by atoms with Crippen LogP contribution in [0.25, 0.3) is 16.7 Å². The molecule has 0 unspecified atom stereocenters. The molecule has 12 nitrogen and oxygen atoms in total. The van der Waals surface area contributed by atoms with Gasteiger partial charge in [-0.25, -0.2) is 9.59 Å². The standard InChI is InChI=1S/C19H12N4O8/c1-9-7-16(24)31-18-12(9)4-6-15-17(18)10(2)21(19(25)30-15)20-13-5-3-11(22(26)27)8-14(13)23(28)29/h3-8,20H,2H2,1H3. The van der Waals surface area contributed by atoms with Crippen LogP contribution in [-0.4, -0.2) is 20.9 Å². The van der Waals surface area contributed by atoms with Crippen LogP contribution in [0.5, 0.6) is 5.75 Å². The van der Waals surface area contributed by atoms with E-state index in [-0.39, 0.29) is 28.3 Å². The lowest BCUT2D eigenvalue weighted by Crippen LogP contribution is -2.40. The Morgan fingerprint density at radius 1 is 1.06 bits per heavy atom. The molecule has 0 fully saturated rings. The number of nitrogens with one attached hydrogen (secondary N) is 1. The number of aryl methyl sites for hydroxylation is 1. The second-order valence-electron chi connectivity index (χ2n) is 6.54. The van der Waals surface area contributed by atoms with Gasteiger partial charge in [-0.05, 0) is 30.7 Å². The van der Waals surface area contributed by atoms with Gasteiger partial charge in [0.15, 0.2) is 5.58 Å². The molecule has 1 aliphatic heterocycles. The molecule has 4 rings (SSSR count). The largest absolute Gasteiger partial charge is 0.438 e. The summed E-state index contributed by atoms with van der Waals surface area (Å²) in [4.78, 5) is 45.1. The fourth-order valence-corrected chi connectivity index (χ4v) is 3.20. The number of hydrogen-bond donors (Lipinski definition) is 1. The molecule has 2 heterocycles. The number of nitro groups is 2. The molecule has 0 bridgehead atoms. The van der Waals surface area contributed by atoms with Crippen LogP contribution < -0.4 is 15.8 Å². The van der Waals surface area contributed by atoms with E-state index in [4.69, 9.17) is 9.15 Å². The van der Waals surface area contributed by atoms with Gasteiger partial charge in [-0.2, -0.15) is 5.01 Å². The highest BCUT2D eigenvalue weighted by molar-refractivity contribution is 6.00. The molecule has 2 aromatic carbocycles. The van der Waals surface area contributed by atoms with Crippen molar-refractivity contribution in [3.63, 3.8) is 0 Å². The van der Waals surface area contributed by atoms with Gasteiger partial charge in [-0.1, -0.05) is 6.58 Å². The number of nitrogens with zero attached hydrogens (tertiary/aromatic N) is 3. The number of non-ortho nitro benzene ring substituents is 1. The molecule has 0 spiro atoms. The number of hydrogen-bond acceptors (Lipinski definition) is 9. The molecule has 12 heteroatoms. The van der Waals surface area contributed by atoms with E-state index in [1.54, 1.807) is 13.0 Å². The van der Waals surface area contributed by atoms with E-state index < -0.39 is 32.9 Å². The summed E-state index contributed by atoms with van der Waals surface area (Å²) in [5, 5.41) is 23.7. The summed E-state index contributed by atoms with van der Waals surface area (Å²) in [6.45, 7) is 5.54. The van der Waals surface area contributed by atoms with Gasteiger partial charge in [0, 0.05) is 17.5 Å². The second kappa shape index (κ2) is 6.95. The molecule has 0 aliphatic carbocycles. The van der Waals surface area contributed by atoms with Crippen molar-refractivity contribution in [1.82, 2.24) is 5.01 Å². The predicted molar refractivity (Wildman–Crippen MR) is 107 cm³/mol. The maximum absolute atomic E-state index is 12.5. The van der Waals surface area contributed by atoms with Crippen LogP contribution in [-0.2, 0) is 0 Å². The van der Waals surface area contributed by atoms with Gasteiger partial charge in [-0.3, -0.25) is 25.7 Å². The number of rotatable bonds is 4. The third kappa shape index (κ3) is 3.21. The van der Waals surface area contributed by atoms with Gasteiger partial charge in [0.25, 0.3) is 5.69 Å². The first kappa shape index (κ1) is 19.6. The number of carbonyl (C=O) groups is 1. The Labute approximate surface area is 172 Å². The number of benzene rings is 2. The minimum absolute atomic E-state index is 0.00162. The van der Waals surface area contributed by atoms with Gasteiger partial charge >= 0.3 is 17.4 Å². The van der Waals surface area contributed by atoms with Gasteiger partial charge in [0.2, 0.25) is 0 Å². The van der Waals surface area contributed by atoms with Crippen molar-refractivity contribution < 1.29 is 23.8 Å². The predicted octanol–water partition coefficient (Wildman–Crippen LogP) is 3.73. The van der Waals surface area contributed by atoms with Crippen molar-refractivity contribution in [2.75, 3.05) is 5.43 Å². The number of hydrazine groups is 1. The number of anilines is 1. The van der Waals surface area contributed by atoms with E-state index in [0.29, 0.717) is 10.9 Å². The Morgan fingerprint density at radius 2 is 1.81 bits per heavy atom. The first-order chi connectivity index (χ1) is 14.7. The molecule has 0 saturated carbocycles. The Kier molecular flexibility index (Phi) is 4.39. The zero-order valence-electron chi connectivity index (χ0n) is 15.8. The molecule has 3 aromatic rings. The van der Waals surface area contributed by atoms with Gasteiger partial charge in [0.05, 0.1) is 27.2 Å². The minimum Gasteiger partial charge on any atom is -0.422 e. The zero-order chi connectivity index (χ0) is 22.4. The summed E-state index contributed by atoms with van der Waals surface area (Å²) < 4.78 is 10.6. The van der Waals surface area contributed by atoms with Crippen LogP contribution >= 0.6 is 0 Å². The minimum atomic E-state index is -0.959. The third-order valence-corrected chi connectivity index (χ3v) is 4.64. The SMILES string of the molecule is C=C1c2c(ccc3c(C)cc(=O)oc23)OC(=O)N1Nc1ccc([N+](=O)[O-])cc1[N+](=O)[O-]. The Hall–Kier alpha value is -4.74. The molecule has 0 radical (unpaired) electrons. The van der Waals surface area contributed by atoms with Gasteiger partial charge in [0.1, 0.15) is 11.4 Å². The lowest BCUT2D eigenvalue weighted by molar-refractivity contribution is -0.393. The second-order valence-corrected chi connectivity index (χ2v) is 6.54. The molecular weight excluding hydrogens is 412 g/mol. The van der Waals surface area contributed by atoms with E-state index in [2.05, 4.69) is 12.0 Å². The van der Waals surface area contributed by atoms with Crippen LogP contribution in [0.2, 0.25) is 0 Å². The fourth-order valence-electron chi connectivity index (χ4n) is 3.20. The number of ether oxygens (including phenoxy) is 1. The van der Waals surface area contributed by atoms with Gasteiger partial charge < -0.3 is 9.15 Å². The Bertz CT molecular complexity index is 1380. The summed E-state index contributed by atoms with van der Waals surface area (Å²) in [6.07, 6.45) is -0.959. The van der Waals surface area contributed by atoms with E-state index in [1.807, 2.05) is 0 Å². The highest BCUT2D eigenvalue weighted by Gasteiger charge is 2.33. The summed E-state index contributed by atoms with van der Waals surface area (Å²) in [5.41, 5.74) is 1.50. The monoisotopic (exact) mass is 424 g/mol. The van der Waals surface area contributed by atoms with Crippen molar-refractivity contribution in [3.8, 4) is 5.75 Å². The lowest BCUT2D eigenvalue weighted by Gasteiger charge is -2.30. The normalized spacial score (nSPS) is 13.0. The van der Waals surface area contributed by atoms with Crippen LogP contribution in [0.1, 0.15) is 11.1 Å². The molecule has 0 saturated heterocycles. The molecule has 1 N–H and O–H groups in total. The quantitative estimate of drug-likeness (QED) is 0.374. The van der Waals surface area contributed by atoms with Crippen LogP contribution in [0, 0.1) is 27.2 Å². The summed E-state index contributed by atoms with van der Waals surface area (Å²) in [7, 11) is 0. The topological polar surface area (TPSA) is 158 Å². The lowest BCUT2D eigenvalue weighted by atomic mass is 10.0. The first-order valence-corrected chi connectivity index (χ1v) is 8.65. The van der Waals surface area contributed by atoms with E-state index in [9.17, 15) is 29.8 Å². The fraction of sp³-hybridized carbons (Fsp3) is 0.0526. The molecule has 1 aliphatic rings. The smallest absolute Gasteiger partial charge is 0.422 e. The van der Waals surface area contributed by atoms with Crippen molar-refractivity contribution in [3.05, 3.63) is 84.8 Å². The molecule has 31 heavy (non-hydrogen) atoms. The van der Waals surface area contributed by atoms with E-state index in [0.717, 1.165) is 23.2 Å². The highest BCUT2D eigenvalue weighted by Crippen LogP contribution is 2.40. The Balaban J connectivity index is 1.82. The van der Waals surface area contributed by atoms with Crippen LogP contribution in [0.4, 0.5) is 21.9 Å². The van der Waals surface area contributed by atoms with Crippen molar-refractivity contribution in [1.29, 1.82) is 0 Å². The third-order valence-electron chi connectivity index (χ3n) is 4.64. The van der Waals surface area contributed by atoms with Gasteiger partial charge in [-0.15, -0.1) is 0 Å². The summed E-state index contributed by atoms with van der Waals surface area (Å²) >= 11 is 0. The van der Waals surface area contributed by atoms with Crippen LogP contribution in [0.15, 0.2) is 52.2 Å². The van der Waals surface area contributed by atoms with Crippen LogP contribution in [0.3, 0.4) is 0 Å².